The molecule has 2 aromatic carbocycles. The Labute approximate surface area is 168 Å². The summed E-state index contributed by atoms with van der Waals surface area (Å²) >= 11 is 0. The first-order valence-electron chi connectivity index (χ1n) is 9.37. The van der Waals surface area contributed by atoms with Gasteiger partial charge in [-0.3, -0.25) is 4.79 Å². The molecule has 0 radical (unpaired) electrons. The second-order valence-electron chi connectivity index (χ2n) is 6.64. The standard InChI is InChI=1S/C17H15N5O.C6H6/c18-17-19-7-6-13(22-17)14-8-11-15(21-14)12(9-20-16(11)23)10-4-2-1-3-5-10;1-2-4-6-5-3-1/h1-8,12,21H,9H2,(H,20,23)(H2,18,19,22);1-6H. The fourth-order valence-electron chi connectivity index (χ4n) is 3.34. The topological polar surface area (TPSA) is 96.7 Å². The molecule has 1 unspecified atom stereocenters. The number of aromatic amines is 1. The van der Waals surface area contributed by atoms with Gasteiger partial charge in [-0.25, -0.2) is 9.97 Å². The van der Waals surface area contributed by atoms with E-state index in [-0.39, 0.29) is 17.8 Å². The number of nitrogens with zero attached hydrogens (tertiary/aromatic N) is 2. The Balaban J connectivity index is 0.000000294. The van der Waals surface area contributed by atoms with Gasteiger partial charge < -0.3 is 16.0 Å². The molecule has 1 amide bonds. The van der Waals surface area contributed by atoms with E-state index in [1.165, 1.54) is 0 Å². The van der Waals surface area contributed by atoms with E-state index in [9.17, 15) is 4.79 Å². The minimum absolute atomic E-state index is 0.0725. The highest BCUT2D eigenvalue weighted by Gasteiger charge is 2.29. The van der Waals surface area contributed by atoms with E-state index in [0.29, 0.717) is 17.8 Å². The van der Waals surface area contributed by atoms with Gasteiger partial charge >= 0.3 is 0 Å². The molecule has 4 N–H and O–H groups in total. The second-order valence-corrected chi connectivity index (χ2v) is 6.64. The molecule has 29 heavy (non-hydrogen) atoms. The summed E-state index contributed by atoms with van der Waals surface area (Å²) in [4.78, 5) is 23.6. The van der Waals surface area contributed by atoms with Crippen LogP contribution in [-0.2, 0) is 0 Å². The predicted molar refractivity (Wildman–Crippen MR) is 113 cm³/mol. The van der Waals surface area contributed by atoms with Crippen molar-refractivity contribution in [3.8, 4) is 11.4 Å². The van der Waals surface area contributed by atoms with Gasteiger partial charge in [-0.2, -0.15) is 0 Å². The normalized spacial score (nSPS) is 14.9. The Morgan fingerprint density at radius 3 is 2.24 bits per heavy atom. The molecule has 0 saturated carbocycles. The molecule has 144 valence electrons. The molecule has 0 fully saturated rings. The molecule has 0 saturated heterocycles. The lowest BCUT2D eigenvalue weighted by Gasteiger charge is -2.23. The zero-order valence-electron chi connectivity index (χ0n) is 15.7. The summed E-state index contributed by atoms with van der Waals surface area (Å²) in [7, 11) is 0. The minimum atomic E-state index is -0.0725. The third kappa shape index (κ3) is 4.16. The van der Waals surface area contributed by atoms with Crippen LogP contribution in [0, 0.1) is 0 Å². The van der Waals surface area contributed by atoms with Crippen LogP contribution < -0.4 is 11.1 Å². The number of benzene rings is 2. The van der Waals surface area contributed by atoms with Gasteiger partial charge in [0.15, 0.2) is 0 Å². The lowest BCUT2D eigenvalue weighted by Crippen LogP contribution is -2.35. The average Bonchev–Trinajstić information content (AvgIpc) is 3.23. The van der Waals surface area contributed by atoms with Crippen molar-refractivity contribution in [2.24, 2.45) is 0 Å². The molecule has 0 bridgehead atoms. The van der Waals surface area contributed by atoms with E-state index in [1.807, 2.05) is 60.7 Å². The molecular weight excluding hydrogens is 362 g/mol. The minimum Gasteiger partial charge on any atom is -0.368 e. The van der Waals surface area contributed by atoms with Gasteiger partial charge in [0.05, 0.1) is 17.0 Å². The number of H-pyrrole nitrogens is 1. The van der Waals surface area contributed by atoms with Crippen molar-refractivity contribution >= 4 is 11.9 Å². The molecule has 0 aliphatic carbocycles. The van der Waals surface area contributed by atoms with Gasteiger partial charge in [0.25, 0.3) is 5.91 Å². The van der Waals surface area contributed by atoms with Crippen LogP contribution in [0.15, 0.2) is 85.1 Å². The van der Waals surface area contributed by atoms with Gasteiger partial charge in [0, 0.05) is 24.4 Å². The van der Waals surface area contributed by atoms with Gasteiger partial charge in [0.1, 0.15) is 0 Å². The summed E-state index contributed by atoms with van der Waals surface area (Å²) < 4.78 is 0. The van der Waals surface area contributed by atoms with Crippen LogP contribution in [0.2, 0.25) is 0 Å². The maximum Gasteiger partial charge on any atom is 0.253 e. The fourth-order valence-corrected chi connectivity index (χ4v) is 3.34. The van der Waals surface area contributed by atoms with Crippen LogP contribution in [0.5, 0.6) is 0 Å². The van der Waals surface area contributed by atoms with Gasteiger partial charge in [0.2, 0.25) is 5.95 Å². The number of nitrogen functional groups attached to an aromatic ring is 1. The van der Waals surface area contributed by atoms with Crippen LogP contribution in [0.4, 0.5) is 5.95 Å². The van der Waals surface area contributed by atoms with Crippen LogP contribution in [0.25, 0.3) is 11.4 Å². The number of hydrogen-bond donors (Lipinski definition) is 3. The van der Waals surface area contributed by atoms with Gasteiger partial charge in [-0.05, 0) is 17.7 Å². The van der Waals surface area contributed by atoms with Crippen molar-refractivity contribution < 1.29 is 4.79 Å². The van der Waals surface area contributed by atoms with E-state index in [1.54, 1.807) is 12.3 Å². The number of amides is 1. The average molecular weight is 383 g/mol. The number of nitrogens with one attached hydrogen (secondary N) is 2. The molecule has 4 aromatic rings. The highest BCUT2D eigenvalue weighted by molar-refractivity contribution is 5.98. The monoisotopic (exact) mass is 383 g/mol. The van der Waals surface area contributed by atoms with E-state index >= 15 is 0 Å². The summed E-state index contributed by atoms with van der Waals surface area (Å²) in [5.74, 6) is 0.229. The fraction of sp³-hybridized carbons (Fsp3) is 0.0870. The first kappa shape index (κ1) is 18.4. The van der Waals surface area contributed by atoms with Crippen molar-refractivity contribution in [2.75, 3.05) is 12.3 Å². The summed E-state index contributed by atoms with van der Waals surface area (Å²) in [5, 5.41) is 2.95. The van der Waals surface area contributed by atoms with E-state index in [4.69, 9.17) is 5.73 Å². The number of carbonyl (C=O) groups excluding carboxylic acids is 1. The second kappa shape index (κ2) is 8.39. The molecule has 1 aliphatic rings. The maximum absolute atomic E-state index is 12.2. The Hall–Kier alpha value is -3.93. The van der Waals surface area contributed by atoms with Crippen molar-refractivity contribution in [2.45, 2.75) is 5.92 Å². The largest absolute Gasteiger partial charge is 0.368 e. The third-order valence-corrected chi connectivity index (χ3v) is 4.73. The first-order valence-corrected chi connectivity index (χ1v) is 9.37. The van der Waals surface area contributed by atoms with E-state index in [2.05, 4.69) is 32.4 Å². The summed E-state index contributed by atoms with van der Waals surface area (Å²) in [6, 6.07) is 25.7. The number of aromatic nitrogens is 3. The highest BCUT2D eigenvalue weighted by atomic mass is 16.1. The number of carbonyl (C=O) groups is 1. The SMILES string of the molecule is Nc1nccc(-c2cc3c([nH]2)C(c2ccccc2)CNC3=O)n1.c1ccccc1. The molecule has 6 nitrogen and oxygen atoms in total. The van der Waals surface area contributed by atoms with E-state index in [0.717, 1.165) is 17.0 Å². The van der Waals surface area contributed by atoms with E-state index < -0.39 is 0 Å². The molecule has 2 aromatic heterocycles. The van der Waals surface area contributed by atoms with Crippen molar-refractivity contribution in [1.29, 1.82) is 0 Å². The number of anilines is 1. The number of fused-ring (bicyclic) bond motifs is 1. The summed E-state index contributed by atoms with van der Waals surface area (Å²) in [6.45, 7) is 0.571. The summed E-state index contributed by atoms with van der Waals surface area (Å²) in [5.41, 5.74) is 9.80. The van der Waals surface area contributed by atoms with Gasteiger partial charge in [-0.1, -0.05) is 66.7 Å². The Morgan fingerprint density at radius 2 is 1.59 bits per heavy atom. The molecule has 5 rings (SSSR count). The van der Waals surface area contributed by atoms with Crippen LogP contribution >= 0.6 is 0 Å². The smallest absolute Gasteiger partial charge is 0.253 e. The Morgan fingerprint density at radius 1 is 0.931 bits per heavy atom. The lowest BCUT2D eigenvalue weighted by molar-refractivity contribution is 0.0942. The highest BCUT2D eigenvalue weighted by Crippen LogP contribution is 2.32. The number of hydrogen-bond acceptors (Lipinski definition) is 4. The quantitative estimate of drug-likeness (QED) is 0.493. The van der Waals surface area contributed by atoms with Crippen molar-refractivity contribution in [3.05, 3.63) is 102 Å². The van der Waals surface area contributed by atoms with Crippen molar-refractivity contribution in [3.63, 3.8) is 0 Å². The number of nitrogens with two attached hydrogens (primary N) is 1. The first-order chi connectivity index (χ1) is 14.2. The van der Waals surface area contributed by atoms with Crippen LogP contribution in [-0.4, -0.2) is 27.4 Å². The third-order valence-electron chi connectivity index (χ3n) is 4.73. The predicted octanol–water partition coefficient (Wildman–Crippen LogP) is 3.62. The molecule has 0 spiro atoms. The van der Waals surface area contributed by atoms with Crippen molar-refractivity contribution in [1.82, 2.24) is 20.3 Å². The zero-order valence-corrected chi connectivity index (χ0v) is 15.7. The Kier molecular flexibility index (Phi) is 5.33. The maximum atomic E-state index is 12.2. The van der Waals surface area contributed by atoms with Crippen LogP contribution in [0.3, 0.4) is 0 Å². The zero-order chi connectivity index (χ0) is 20.1. The molecular formula is C23H21N5O. The van der Waals surface area contributed by atoms with Crippen LogP contribution in [0.1, 0.15) is 27.5 Å². The molecule has 1 atom stereocenters. The van der Waals surface area contributed by atoms with Gasteiger partial charge in [-0.15, -0.1) is 0 Å². The Bertz CT molecular complexity index is 1070. The number of rotatable bonds is 2. The molecule has 6 heteroatoms. The molecule has 1 aliphatic heterocycles. The lowest BCUT2D eigenvalue weighted by atomic mass is 9.90. The molecule has 3 heterocycles. The summed E-state index contributed by atoms with van der Waals surface area (Å²) in [6.07, 6.45) is 1.60.